The van der Waals surface area contributed by atoms with Crippen LogP contribution in [0.4, 0.5) is 0 Å². The van der Waals surface area contributed by atoms with Crippen molar-refractivity contribution < 1.29 is 23.9 Å². The van der Waals surface area contributed by atoms with E-state index in [-0.39, 0.29) is 24.6 Å². The molecule has 0 fully saturated rings. The Hall–Kier alpha value is -3.15. The second-order valence-electron chi connectivity index (χ2n) is 4.64. The summed E-state index contributed by atoms with van der Waals surface area (Å²) in [6.45, 7) is -0.571. The van der Waals surface area contributed by atoms with Crippen molar-refractivity contribution in [2.24, 2.45) is 5.73 Å². The first-order valence-corrected chi connectivity index (χ1v) is 6.83. The molecule has 0 saturated heterocycles. The first-order valence-electron chi connectivity index (χ1n) is 6.83. The first kappa shape index (κ1) is 16.2. The molecule has 0 heterocycles. The Bertz CT molecular complexity index is 695. The van der Waals surface area contributed by atoms with Crippen LogP contribution in [0.15, 0.2) is 54.6 Å². The molecule has 0 bridgehead atoms. The zero-order valence-electron chi connectivity index (χ0n) is 12.2. The van der Waals surface area contributed by atoms with Crippen LogP contribution in [-0.4, -0.2) is 30.9 Å². The zero-order valence-corrected chi connectivity index (χ0v) is 12.2. The average Bonchev–Trinajstić information content (AvgIpc) is 2.58. The highest BCUT2D eigenvalue weighted by Gasteiger charge is 2.11. The minimum Gasteiger partial charge on any atom is -0.484 e. The molecule has 2 rings (SSSR count). The number of Topliss-reactive ketones (excluding diaryl/α,β-unsaturated/α-hetero) is 1. The summed E-state index contributed by atoms with van der Waals surface area (Å²) in [5.41, 5.74) is 5.72. The van der Waals surface area contributed by atoms with Crippen LogP contribution in [0.5, 0.6) is 5.75 Å². The molecule has 2 N–H and O–H groups in total. The Kier molecular flexibility index (Phi) is 5.46. The standard InChI is InChI=1S/C17H15NO5/c18-16(20)11-22-14-8-6-13(7-9-14)17(21)23-10-15(19)12-4-2-1-3-5-12/h1-9H,10-11H2,(H2,18,20). The van der Waals surface area contributed by atoms with E-state index in [1.807, 2.05) is 0 Å². The molecule has 23 heavy (non-hydrogen) atoms. The van der Waals surface area contributed by atoms with Gasteiger partial charge in [-0.15, -0.1) is 0 Å². The molecule has 0 radical (unpaired) electrons. The van der Waals surface area contributed by atoms with E-state index in [2.05, 4.69) is 0 Å². The van der Waals surface area contributed by atoms with Gasteiger partial charge in [0.2, 0.25) is 0 Å². The van der Waals surface area contributed by atoms with E-state index in [0.717, 1.165) is 0 Å². The summed E-state index contributed by atoms with van der Waals surface area (Å²) in [4.78, 5) is 34.3. The summed E-state index contributed by atoms with van der Waals surface area (Å²) >= 11 is 0. The Balaban J connectivity index is 1.88. The van der Waals surface area contributed by atoms with Crippen molar-refractivity contribution >= 4 is 17.7 Å². The monoisotopic (exact) mass is 313 g/mol. The number of nitrogens with two attached hydrogens (primary N) is 1. The third-order valence-corrected chi connectivity index (χ3v) is 2.90. The van der Waals surface area contributed by atoms with Gasteiger partial charge in [0.05, 0.1) is 5.56 Å². The van der Waals surface area contributed by atoms with Crippen LogP contribution in [0.25, 0.3) is 0 Å². The molecular formula is C17H15NO5. The predicted octanol–water partition coefficient (Wildman–Crippen LogP) is 1.59. The number of carbonyl (C=O) groups excluding carboxylic acids is 3. The van der Waals surface area contributed by atoms with Crippen molar-refractivity contribution in [1.29, 1.82) is 0 Å². The third-order valence-electron chi connectivity index (χ3n) is 2.90. The fraction of sp³-hybridized carbons (Fsp3) is 0.118. The summed E-state index contributed by atoms with van der Waals surface area (Å²) in [5, 5.41) is 0. The number of benzene rings is 2. The van der Waals surface area contributed by atoms with E-state index in [1.165, 1.54) is 24.3 Å². The molecule has 0 unspecified atom stereocenters. The lowest BCUT2D eigenvalue weighted by Crippen LogP contribution is -2.20. The lowest BCUT2D eigenvalue weighted by molar-refractivity contribution is -0.119. The van der Waals surface area contributed by atoms with Gasteiger partial charge in [-0.05, 0) is 24.3 Å². The molecule has 6 nitrogen and oxygen atoms in total. The molecule has 0 atom stereocenters. The molecule has 2 aromatic carbocycles. The maximum absolute atomic E-state index is 11.9. The van der Waals surface area contributed by atoms with Crippen molar-refractivity contribution in [1.82, 2.24) is 0 Å². The third kappa shape index (κ3) is 4.96. The van der Waals surface area contributed by atoms with Gasteiger partial charge in [0.1, 0.15) is 5.75 Å². The smallest absolute Gasteiger partial charge is 0.338 e. The van der Waals surface area contributed by atoms with Crippen LogP contribution in [0, 0.1) is 0 Å². The molecule has 0 aliphatic heterocycles. The number of ether oxygens (including phenoxy) is 2. The molecule has 0 aromatic heterocycles. The average molecular weight is 313 g/mol. The van der Waals surface area contributed by atoms with Gasteiger partial charge in [-0.1, -0.05) is 30.3 Å². The van der Waals surface area contributed by atoms with Gasteiger partial charge < -0.3 is 15.2 Å². The molecule has 1 amide bonds. The van der Waals surface area contributed by atoms with E-state index in [0.29, 0.717) is 11.3 Å². The molecule has 118 valence electrons. The van der Waals surface area contributed by atoms with Crippen LogP contribution in [0.2, 0.25) is 0 Å². The van der Waals surface area contributed by atoms with E-state index in [1.54, 1.807) is 30.3 Å². The SMILES string of the molecule is NC(=O)COc1ccc(C(=O)OCC(=O)c2ccccc2)cc1. The number of esters is 1. The predicted molar refractivity (Wildman–Crippen MR) is 82.2 cm³/mol. The molecule has 6 heteroatoms. The zero-order chi connectivity index (χ0) is 16.7. The quantitative estimate of drug-likeness (QED) is 0.618. The van der Waals surface area contributed by atoms with E-state index >= 15 is 0 Å². The van der Waals surface area contributed by atoms with Gasteiger partial charge >= 0.3 is 5.97 Å². The fourth-order valence-corrected chi connectivity index (χ4v) is 1.76. The van der Waals surface area contributed by atoms with Crippen LogP contribution >= 0.6 is 0 Å². The molecule has 0 aliphatic rings. The van der Waals surface area contributed by atoms with Gasteiger partial charge in [0.25, 0.3) is 5.91 Å². The Labute approximate surface area is 132 Å². The minimum absolute atomic E-state index is 0.241. The summed E-state index contributed by atoms with van der Waals surface area (Å²) in [5.74, 6) is -1.08. The second kappa shape index (κ2) is 7.74. The summed E-state index contributed by atoms with van der Waals surface area (Å²) in [7, 11) is 0. The number of carbonyl (C=O) groups is 3. The largest absolute Gasteiger partial charge is 0.484 e. The molecule has 0 saturated carbocycles. The highest BCUT2D eigenvalue weighted by molar-refractivity contribution is 5.99. The number of amides is 1. The van der Waals surface area contributed by atoms with Crippen LogP contribution < -0.4 is 10.5 Å². The number of rotatable bonds is 7. The van der Waals surface area contributed by atoms with E-state index < -0.39 is 11.9 Å². The first-order chi connectivity index (χ1) is 11.1. The number of primary amides is 1. The molecule has 0 spiro atoms. The maximum atomic E-state index is 11.9. The lowest BCUT2D eigenvalue weighted by atomic mass is 10.1. The van der Waals surface area contributed by atoms with E-state index in [9.17, 15) is 14.4 Å². The molecule has 0 aliphatic carbocycles. The van der Waals surface area contributed by atoms with Crippen LogP contribution in [0.3, 0.4) is 0 Å². The molecular weight excluding hydrogens is 298 g/mol. The van der Waals surface area contributed by atoms with Gasteiger partial charge in [-0.2, -0.15) is 0 Å². The summed E-state index contributed by atoms with van der Waals surface area (Å²) < 4.78 is 10.1. The Morgan fingerprint density at radius 3 is 2.09 bits per heavy atom. The summed E-state index contributed by atoms with van der Waals surface area (Å²) in [6.07, 6.45) is 0. The maximum Gasteiger partial charge on any atom is 0.338 e. The Morgan fingerprint density at radius 2 is 1.48 bits per heavy atom. The van der Waals surface area contributed by atoms with Gasteiger partial charge in [0, 0.05) is 5.56 Å². The van der Waals surface area contributed by atoms with Crippen molar-refractivity contribution in [2.45, 2.75) is 0 Å². The Morgan fingerprint density at radius 1 is 0.826 bits per heavy atom. The number of ketones is 1. The van der Waals surface area contributed by atoms with Gasteiger partial charge in [0.15, 0.2) is 19.0 Å². The second-order valence-corrected chi connectivity index (χ2v) is 4.64. The topological polar surface area (TPSA) is 95.7 Å². The van der Waals surface area contributed by atoms with Crippen molar-refractivity contribution in [3.63, 3.8) is 0 Å². The minimum atomic E-state index is -0.615. The number of hydrogen-bond acceptors (Lipinski definition) is 5. The molecule has 2 aromatic rings. The van der Waals surface area contributed by atoms with Crippen LogP contribution in [-0.2, 0) is 9.53 Å². The van der Waals surface area contributed by atoms with Crippen molar-refractivity contribution in [3.8, 4) is 5.75 Å². The van der Waals surface area contributed by atoms with Gasteiger partial charge in [-0.3, -0.25) is 9.59 Å². The normalized spacial score (nSPS) is 9.91. The van der Waals surface area contributed by atoms with Crippen molar-refractivity contribution in [3.05, 3.63) is 65.7 Å². The van der Waals surface area contributed by atoms with Gasteiger partial charge in [-0.25, -0.2) is 4.79 Å². The number of hydrogen-bond donors (Lipinski definition) is 1. The van der Waals surface area contributed by atoms with Crippen LogP contribution in [0.1, 0.15) is 20.7 Å². The highest BCUT2D eigenvalue weighted by atomic mass is 16.5. The summed E-state index contributed by atoms with van der Waals surface area (Å²) in [6, 6.07) is 14.6. The highest BCUT2D eigenvalue weighted by Crippen LogP contribution is 2.13. The fourth-order valence-electron chi connectivity index (χ4n) is 1.76. The van der Waals surface area contributed by atoms with Crippen molar-refractivity contribution in [2.75, 3.05) is 13.2 Å². The lowest BCUT2D eigenvalue weighted by Gasteiger charge is -2.06. The van der Waals surface area contributed by atoms with E-state index in [4.69, 9.17) is 15.2 Å².